The van der Waals surface area contributed by atoms with Gasteiger partial charge in [-0.05, 0) is 12.1 Å². The number of H-pyrrole nitrogens is 2. The van der Waals surface area contributed by atoms with Crippen molar-refractivity contribution in [2.24, 2.45) is 0 Å². The summed E-state index contributed by atoms with van der Waals surface area (Å²) in [5, 5.41) is 10.2. The number of hydrogen-bond donors (Lipinski definition) is 3. The van der Waals surface area contributed by atoms with Crippen LogP contribution >= 0.6 is 11.6 Å². The van der Waals surface area contributed by atoms with E-state index < -0.39 is 6.10 Å². The molecule has 0 aliphatic rings. The molecule has 2 rings (SSSR count). The van der Waals surface area contributed by atoms with Crippen LogP contribution in [0.1, 0.15) is 11.7 Å². The van der Waals surface area contributed by atoms with Crippen molar-refractivity contribution < 1.29 is 9.84 Å². The number of nitrogens with one attached hydrogen (secondary N) is 2. The monoisotopic (exact) mass is 242 g/mol. The van der Waals surface area contributed by atoms with Crippen molar-refractivity contribution in [1.82, 2.24) is 9.97 Å². The average Bonchev–Trinajstić information content (AvgIpc) is 2.56. The quantitative estimate of drug-likeness (QED) is 0.757. The van der Waals surface area contributed by atoms with Crippen LogP contribution in [0.15, 0.2) is 16.9 Å². The molecule has 2 aromatic rings. The third-order valence-corrected chi connectivity index (χ3v) is 2.64. The van der Waals surface area contributed by atoms with Gasteiger partial charge in [0.15, 0.2) is 0 Å². The minimum absolute atomic E-state index is 0.153. The summed E-state index contributed by atoms with van der Waals surface area (Å²) < 4.78 is 4.84. The second-order valence-corrected chi connectivity index (χ2v) is 3.88. The summed E-state index contributed by atoms with van der Waals surface area (Å²) >= 11 is 5.99. The third-order valence-electron chi connectivity index (χ3n) is 2.32. The van der Waals surface area contributed by atoms with E-state index in [0.29, 0.717) is 21.6 Å². The molecule has 0 aliphatic heterocycles. The molecule has 3 N–H and O–H groups in total. The molecule has 1 unspecified atom stereocenters. The number of fused-ring (bicyclic) bond motifs is 1. The highest BCUT2D eigenvalue weighted by Crippen LogP contribution is 2.26. The first-order chi connectivity index (χ1) is 7.61. The summed E-state index contributed by atoms with van der Waals surface area (Å²) in [6.07, 6.45) is -0.805. The van der Waals surface area contributed by atoms with E-state index in [2.05, 4.69) is 9.97 Å². The normalized spacial score (nSPS) is 13.2. The molecule has 1 atom stereocenters. The largest absolute Gasteiger partial charge is 0.386 e. The van der Waals surface area contributed by atoms with Crippen molar-refractivity contribution >= 4 is 22.6 Å². The number of ether oxygens (including phenoxy) is 1. The number of hydrogen-bond acceptors (Lipinski definition) is 3. The fraction of sp³-hybridized carbons (Fsp3) is 0.300. The maximum absolute atomic E-state index is 11.1. The molecule has 1 aromatic carbocycles. The predicted molar refractivity (Wildman–Crippen MR) is 60.8 cm³/mol. The minimum Gasteiger partial charge on any atom is -0.386 e. The number of aliphatic hydroxyl groups excluding tert-OH is 1. The van der Waals surface area contributed by atoms with E-state index in [1.807, 2.05) is 0 Å². The highest BCUT2D eigenvalue weighted by molar-refractivity contribution is 6.32. The van der Waals surface area contributed by atoms with Crippen LogP contribution in [0.5, 0.6) is 0 Å². The molecule has 0 amide bonds. The van der Waals surface area contributed by atoms with Crippen molar-refractivity contribution in [2.45, 2.75) is 6.10 Å². The van der Waals surface area contributed by atoms with Crippen LogP contribution in [0.2, 0.25) is 5.02 Å². The van der Waals surface area contributed by atoms with E-state index in [9.17, 15) is 9.90 Å². The number of methoxy groups -OCH3 is 1. The van der Waals surface area contributed by atoms with Gasteiger partial charge in [0.2, 0.25) is 0 Å². The fourth-order valence-corrected chi connectivity index (χ4v) is 1.87. The number of aromatic nitrogens is 2. The first kappa shape index (κ1) is 11.2. The number of imidazole rings is 1. The molecule has 86 valence electrons. The van der Waals surface area contributed by atoms with Crippen molar-refractivity contribution in [2.75, 3.05) is 13.7 Å². The zero-order valence-electron chi connectivity index (χ0n) is 8.58. The van der Waals surface area contributed by atoms with Gasteiger partial charge in [0.1, 0.15) is 6.10 Å². The molecule has 0 saturated heterocycles. The lowest BCUT2D eigenvalue weighted by Gasteiger charge is -2.11. The third kappa shape index (κ3) is 1.97. The van der Waals surface area contributed by atoms with Crippen LogP contribution in [0.4, 0.5) is 0 Å². The summed E-state index contributed by atoms with van der Waals surface area (Å²) in [6.45, 7) is 0.153. The first-order valence-electron chi connectivity index (χ1n) is 4.70. The summed E-state index contributed by atoms with van der Waals surface area (Å²) in [5.41, 5.74) is 1.46. The Morgan fingerprint density at radius 1 is 1.44 bits per heavy atom. The minimum atomic E-state index is -0.805. The Kier molecular flexibility index (Phi) is 3.00. The molecule has 5 nitrogen and oxygen atoms in total. The Bertz CT molecular complexity index is 561. The lowest BCUT2D eigenvalue weighted by atomic mass is 10.1. The van der Waals surface area contributed by atoms with Gasteiger partial charge >= 0.3 is 5.69 Å². The van der Waals surface area contributed by atoms with E-state index in [1.54, 1.807) is 12.1 Å². The molecular weight excluding hydrogens is 232 g/mol. The molecule has 0 bridgehead atoms. The molecule has 0 aliphatic carbocycles. The molecule has 0 fully saturated rings. The summed E-state index contributed by atoms with van der Waals surface area (Å²) in [5.74, 6) is 0. The Morgan fingerprint density at radius 2 is 2.06 bits per heavy atom. The topological polar surface area (TPSA) is 78.1 Å². The van der Waals surface area contributed by atoms with Gasteiger partial charge in [-0.3, -0.25) is 0 Å². The van der Waals surface area contributed by atoms with Gasteiger partial charge in [0.05, 0.1) is 17.6 Å². The van der Waals surface area contributed by atoms with Gasteiger partial charge in [0, 0.05) is 17.7 Å². The second kappa shape index (κ2) is 4.29. The maximum atomic E-state index is 11.1. The van der Waals surface area contributed by atoms with Crippen molar-refractivity contribution in [1.29, 1.82) is 0 Å². The molecule has 6 heteroatoms. The molecule has 16 heavy (non-hydrogen) atoms. The van der Waals surface area contributed by atoms with Crippen molar-refractivity contribution in [3.8, 4) is 0 Å². The van der Waals surface area contributed by atoms with E-state index in [4.69, 9.17) is 16.3 Å². The Balaban J connectivity index is 2.52. The van der Waals surface area contributed by atoms with Gasteiger partial charge in [-0.25, -0.2) is 4.79 Å². The van der Waals surface area contributed by atoms with Crippen LogP contribution < -0.4 is 5.69 Å². The number of aromatic amines is 2. The number of aliphatic hydroxyl groups is 1. The molecule has 0 radical (unpaired) electrons. The molecular formula is C10H11ClN2O3. The Morgan fingerprint density at radius 3 is 2.69 bits per heavy atom. The van der Waals surface area contributed by atoms with Crippen LogP contribution in [-0.2, 0) is 4.74 Å². The summed E-state index contributed by atoms with van der Waals surface area (Å²) in [7, 11) is 1.49. The Hall–Kier alpha value is -1.30. The SMILES string of the molecule is COCC(O)c1cc2[nH]c(=O)[nH]c2cc1Cl. The van der Waals surface area contributed by atoms with Crippen LogP contribution in [0.25, 0.3) is 11.0 Å². The number of halogens is 1. The molecule has 0 saturated carbocycles. The van der Waals surface area contributed by atoms with Crippen LogP contribution in [0, 0.1) is 0 Å². The van der Waals surface area contributed by atoms with Crippen molar-refractivity contribution in [3.05, 3.63) is 33.2 Å². The lowest BCUT2D eigenvalue weighted by molar-refractivity contribution is 0.0645. The Labute approximate surface area is 96.0 Å². The van der Waals surface area contributed by atoms with E-state index >= 15 is 0 Å². The second-order valence-electron chi connectivity index (χ2n) is 3.47. The summed E-state index contributed by atoms with van der Waals surface area (Å²) in [4.78, 5) is 16.3. The smallest absolute Gasteiger partial charge is 0.323 e. The fourth-order valence-electron chi connectivity index (χ4n) is 1.58. The van der Waals surface area contributed by atoms with Gasteiger partial charge in [-0.2, -0.15) is 0 Å². The number of rotatable bonds is 3. The van der Waals surface area contributed by atoms with Gasteiger partial charge < -0.3 is 19.8 Å². The number of benzene rings is 1. The highest BCUT2D eigenvalue weighted by atomic mass is 35.5. The maximum Gasteiger partial charge on any atom is 0.323 e. The van der Waals surface area contributed by atoms with E-state index in [1.165, 1.54) is 7.11 Å². The van der Waals surface area contributed by atoms with Gasteiger partial charge in [-0.1, -0.05) is 11.6 Å². The van der Waals surface area contributed by atoms with E-state index in [-0.39, 0.29) is 12.3 Å². The zero-order valence-corrected chi connectivity index (χ0v) is 9.34. The molecule has 0 spiro atoms. The summed E-state index contributed by atoms with van der Waals surface area (Å²) in [6, 6.07) is 3.24. The molecule has 1 heterocycles. The zero-order chi connectivity index (χ0) is 11.7. The highest BCUT2D eigenvalue weighted by Gasteiger charge is 2.13. The first-order valence-corrected chi connectivity index (χ1v) is 5.08. The van der Waals surface area contributed by atoms with Crippen LogP contribution in [-0.4, -0.2) is 28.8 Å². The van der Waals surface area contributed by atoms with E-state index in [0.717, 1.165) is 0 Å². The lowest BCUT2D eigenvalue weighted by Crippen LogP contribution is -2.05. The molecule has 1 aromatic heterocycles. The predicted octanol–water partition coefficient (Wildman–Crippen LogP) is 1.19. The van der Waals surface area contributed by atoms with Crippen molar-refractivity contribution in [3.63, 3.8) is 0 Å². The van der Waals surface area contributed by atoms with Crippen LogP contribution in [0.3, 0.4) is 0 Å². The average molecular weight is 243 g/mol. The van der Waals surface area contributed by atoms with Gasteiger partial charge in [-0.15, -0.1) is 0 Å². The standard InChI is InChI=1S/C10H11ClN2O3/c1-16-4-9(14)5-2-7-8(3-6(5)11)13-10(15)12-7/h2-3,9,14H,4H2,1H3,(H2,12,13,15). The van der Waals surface area contributed by atoms with Gasteiger partial charge in [0.25, 0.3) is 0 Å².